The van der Waals surface area contributed by atoms with Crippen LogP contribution in [0.15, 0.2) is 28.7 Å². The first-order valence-corrected chi connectivity index (χ1v) is 9.90. The molecule has 2 N–H and O–H groups in total. The van der Waals surface area contributed by atoms with Gasteiger partial charge in [0.05, 0.1) is 16.5 Å². The summed E-state index contributed by atoms with van der Waals surface area (Å²) in [6, 6.07) is 7.25. The summed E-state index contributed by atoms with van der Waals surface area (Å²) >= 11 is 4.67. The van der Waals surface area contributed by atoms with Gasteiger partial charge in [0.1, 0.15) is 5.60 Å². The molecule has 1 heterocycles. The molecule has 0 saturated carbocycles. The molecule has 0 aliphatic carbocycles. The summed E-state index contributed by atoms with van der Waals surface area (Å²) in [5.41, 5.74) is 6.69. The molecule has 0 saturated heterocycles. The number of methoxy groups -OCH3 is 1. The van der Waals surface area contributed by atoms with Gasteiger partial charge in [-0.1, -0.05) is 19.1 Å². The predicted octanol–water partition coefficient (Wildman–Crippen LogP) is 4.66. The van der Waals surface area contributed by atoms with Gasteiger partial charge in [0.15, 0.2) is 17.2 Å². The van der Waals surface area contributed by atoms with Crippen molar-refractivity contribution in [3.63, 3.8) is 0 Å². The Bertz CT molecular complexity index is 847. The van der Waals surface area contributed by atoms with Crippen LogP contribution >= 0.6 is 27.3 Å². The lowest BCUT2D eigenvalue weighted by molar-refractivity contribution is -0.159. The van der Waals surface area contributed by atoms with Crippen LogP contribution in [0.3, 0.4) is 0 Å². The van der Waals surface area contributed by atoms with E-state index in [9.17, 15) is 9.59 Å². The van der Waals surface area contributed by atoms with Crippen LogP contribution in [0.4, 0.5) is 5.69 Å². The highest BCUT2D eigenvalue weighted by atomic mass is 79.9. The highest BCUT2D eigenvalue weighted by molar-refractivity contribution is 9.10. The van der Waals surface area contributed by atoms with E-state index in [0.29, 0.717) is 16.6 Å². The number of hydrogen-bond acceptors (Lipinski definition) is 7. The summed E-state index contributed by atoms with van der Waals surface area (Å²) in [7, 11) is 1.29. The second-order valence-corrected chi connectivity index (χ2v) is 8.21. The Morgan fingerprint density at radius 2 is 2.00 bits per heavy atom. The van der Waals surface area contributed by atoms with Crippen molar-refractivity contribution in [3.05, 3.63) is 33.6 Å². The summed E-state index contributed by atoms with van der Waals surface area (Å²) in [6.45, 7) is 5.25. The number of hydrogen-bond donors (Lipinski definition) is 1. The van der Waals surface area contributed by atoms with Crippen LogP contribution in [0.1, 0.15) is 36.9 Å². The zero-order valence-electron chi connectivity index (χ0n) is 15.6. The van der Waals surface area contributed by atoms with Gasteiger partial charge in [-0.2, -0.15) is 0 Å². The fourth-order valence-corrected chi connectivity index (χ4v) is 4.13. The normalized spacial score (nSPS) is 11.1. The van der Waals surface area contributed by atoms with Crippen molar-refractivity contribution >= 4 is 44.9 Å². The van der Waals surface area contributed by atoms with Crippen molar-refractivity contribution in [3.8, 4) is 16.2 Å². The summed E-state index contributed by atoms with van der Waals surface area (Å²) in [4.78, 5) is 25.3. The van der Waals surface area contributed by atoms with Gasteiger partial charge in [0.2, 0.25) is 0 Å². The maximum absolute atomic E-state index is 12.2. The van der Waals surface area contributed by atoms with E-state index in [1.807, 2.05) is 32.9 Å². The monoisotopic (exact) mass is 455 g/mol. The second-order valence-electron chi connectivity index (χ2n) is 6.40. The molecule has 2 aromatic rings. The van der Waals surface area contributed by atoms with Crippen molar-refractivity contribution in [2.45, 2.75) is 32.8 Å². The van der Waals surface area contributed by atoms with E-state index in [-0.39, 0.29) is 17.2 Å². The van der Waals surface area contributed by atoms with E-state index in [4.69, 9.17) is 19.9 Å². The van der Waals surface area contributed by atoms with E-state index in [2.05, 4.69) is 15.9 Å². The third-order valence-corrected chi connectivity index (χ3v) is 6.12. The standard InChI is InChI=1S/C19H22BrNO5S/c1-5-19(2,3)26-13(22)10-25-15-14(20)16(27-17(15)18(23)24-4)11-7-6-8-12(21)9-11/h6-9H,5,10,21H2,1-4H3. The summed E-state index contributed by atoms with van der Waals surface area (Å²) in [6.07, 6.45) is 0.674. The van der Waals surface area contributed by atoms with Crippen LogP contribution in [0.2, 0.25) is 0 Å². The topological polar surface area (TPSA) is 87.8 Å². The molecule has 27 heavy (non-hydrogen) atoms. The van der Waals surface area contributed by atoms with E-state index in [1.54, 1.807) is 12.1 Å². The lowest BCUT2D eigenvalue weighted by Gasteiger charge is -2.23. The molecule has 0 aliphatic rings. The molecule has 0 fully saturated rings. The minimum Gasteiger partial charge on any atom is -0.479 e. The Balaban J connectivity index is 2.32. The van der Waals surface area contributed by atoms with Gasteiger partial charge >= 0.3 is 11.9 Å². The van der Waals surface area contributed by atoms with Crippen LogP contribution in [-0.4, -0.2) is 31.3 Å². The number of anilines is 1. The number of carbonyl (C=O) groups excluding carboxylic acids is 2. The molecule has 0 unspecified atom stereocenters. The zero-order valence-corrected chi connectivity index (χ0v) is 18.0. The first-order chi connectivity index (χ1) is 12.7. The molecule has 0 spiro atoms. The average Bonchev–Trinajstić information content (AvgIpc) is 2.95. The number of ether oxygens (including phenoxy) is 3. The molecule has 0 aliphatic heterocycles. The third-order valence-electron chi connectivity index (χ3n) is 3.90. The van der Waals surface area contributed by atoms with E-state index in [0.717, 1.165) is 10.4 Å². The van der Waals surface area contributed by atoms with Crippen LogP contribution in [0.5, 0.6) is 5.75 Å². The lowest BCUT2D eigenvalue weighted by Crippen LogP contribution is -2.30. The van der Waals surface area contributed by atoms with Gasteiger partial charge in [-0.3, -0.25) is 0 Å². The Hall–Kier alpha value is -2.06. The number of nitrogen functional groups attached to an aromatic ring is 1. The molecule has 6 nitrogen and oxygen atoms in total. The number of esters is 2. The van der Waals surface area contributed by atoms with Crippen LogP contribution in [0.25, 0.3) is 10.4 Å². The molecule has 146 valence electrons. The molecule has 8 heteroatoms. The molecular weight excluding hydrogens is 434 g/mol. The van der Waals surface area contributed by atoms with Crippen molar-refractivity contribution in [1.29, 1.82) is 0 Å². The molecule has 1 aromatic heterocycles. The van der Waals surface area contributed by atoms with Gasteiger partial charge in [0, 0.05) is 5.69 Å². The zero-order chi connectivity index (χ0) is 20.2. The fourth-order valence-electron chi connectivity index (χ4n) is 2.16. The third kappa shape index (κ3) is 5.23. The molecule has 0 bridgehead atoms. The predicted molar refractivity (Wildman–Crippen MR) is 109 cm³/mol. The van der Waals surface area contributed by atoms with Crippen LogP contribution in [0, 0.1) is 0 Å². The quantitative estimate of drug-likeness (QED) is 0.482. The number of carbonyl (C=O) groups is 2. The van der Waals surface area contributed by atoms with Gasteiger partial charge in [0.25, 0.3) is 0 Å². The van der Waals surface area contributed by atoms with Gasteiger partial charge in [-0.05, 0) is 53.9 Å². The molecule has 1 aromatic carbocycles. The van der Waals surface area contributed by atoms with E-state index in [1.165, 1.54) is 18.4 Å². The maximum Gasteiger partial charge on any atom is 0.351 e. The lowest BCUT2D eigenvalue weighted by atomic mass is 10.1. The molecule has 0 atom stereocenters. The minimum atomic E-state index is -0.579. The number of nitrogens with two attached hydrogens (primary N) is 1. The first-order valence-electron chi connectivity index (χ1n) is 8.29. The first kappa shape index (κ1) is 21.2. The number of thiophene rings is 1. The van der Waals surface area contributed by atoms with Crippen molar-refractivity contribution in [2.24, 2.45) is 0 Å². The molecule has 0 radical (unpaired) electrons. The van der Waals surface area contributed by atoms with Gasteiger partial charge in [-0.25, -0.2) is 9.59 Å². The largest absolute Gasteiger partial charge is 0.479 e. The highest BCUT2D eigenvalue weighted by Crippen LogP contribution is 2.46. The highest BCUT2D eigenvalue weighted by Gasteiger charge is 2.26. The Morgan fingerprint density at radius 3 is 2.59 bits per heavy atom. The SMILES string of the molecule is CCC(C)(C)OC(=O)COc1c(C(=O)OC)sc(-c2cccc(N)c2)c1Br. The van der Waals surface area contributed by atoms with Gasteiger partial charge in [-0.15, -0.1) is 11.3 Å². The summed E-state index contributed by atoms with van der Waals surface area (Å²) in [5, 5.41) is 0. The van der Waals surface area contributed by atoms with Crippen molar-refractivity contribution < 1.29 is 23.8 Å². The second kappa shape index (κ2) is 8.75. The smallest absolute Gasteiger partial charge is 0.351 e. The number of rotatable bonds is 7. The number of benzene rings is 1. The van der Waals surface area contributed by atoms with Crippen molar-refractivity contribution in [1.82, 2.24) is 0 Å². The molecule has 2 rings (SSSR count). The Morgan fingerprint density at radius 1 is 1.30 bits per heavy atom. The van der Waals surface area contributed by atoms with E-state index < -0.39 is 17.5 Å². The average molecular weight is 456 g/mol. The number of halogens is 1. The van der Waals surface area contributed by atoms with Crippen LogP contribution in [-0.2, 0) is 14.3 Å². The summed E-state index contributed by atoms with van der Waals surface area (Å²) < 4.78 is 16.4. The summed E-state index contributed by atoms with van der Waals surface area (Å²) in [5.74, 6) is -0.815. The molecule has 0 amide bonds. The van der Waals surface area contributed by atoms with Crippen LogP contribution < -0.4 is 10.5 Å². The van der Waals surface area contributed by atoms with Crippen molar-refractivity contribution in [2.75, 3.05) is 19.5 Å². The Labute approximate surface area is 170 Å². The maximum atomic E-state index is 12.2. The minimum absolute atomic E-state index is 0.246. The van der Waals surface area contributed by atoms with E-state index >= 15 is 0 Å². The fraction of sp³-hybridized carbons (Fsp3) is 0.368. The molecular formula is C19H22BrNO5S. The Kier molecular flexibility index (Phi) is 6.89. The van der Waals surface area contributed by atoms with Gasteiger partial charge < -0.3 is 19.9 Å².